The Bertz CT molecular complexity index is 578. The summed E-state index contributed by atoms with van der Waals surface area (Å²) in [6.07, 6.45) is 1.99. The van der Waals surface area contributed by atoms with Crippen LogP contribution >= 0.6 is 0 Å². The zero-order chi connectivity index (χ0) is 14.8. The van der Waals surface area contributed by atoms with Crippen LogP contribution in [0.2, 0.25) is 0 Å². The lowest BCUT2D eigenvalue weighted by Gasteiger charge is -2.22. The second-order valence-corrected chi connectivity index (χ2v) is 7.13. The summed E-state index contributed by atoms with van der Waals surface area (Å²) in [5.41, 5.74) is 7.84. The highest BCUT2D eigenvalue weighted by Crippen LogP contribution is 2.22. The van der Waals surface area contributed by atoms with Crippen LogP contribution in [0.3, 0.4) is 0 Å². The molecule has 1 unspecified atom stereocenters. The van der Waals surface area contributed by atoms with Gasteiger partial charge in [-0.25, -0.2) is 13.1 Å². The molecule has 0 amide bonds. The lowest BCUT2D eigenvalue weighted by Crippen LogP contribution is -2.33. The molecule has 0 aromatic heterocycles. The van der Waals surface area contributed by atoms with Gasteiger partial charge in [0, 0.05) is 18.8 Å². The number of sulfonamides is 1. The molecule has 0 aliphatic carbocycles. The predicted octanol–water partition coefficient (Wildman–Crippen LogP) is 1.59. The van der Waals surface area contributed by atoms with Gasteiger partial charge in [-0.2, -0.15) is 0 Å². The zero-order valence-electron chi connectivity index (χ0n) is 12.0. The van der Waals surface area contributed by atoms with E-state index in [0.717, 1.165) is 30.6 Å². The molecule has 2 rings (SSSR count). The van der Waals surface area contributed by atoms with Crippen molar-refractivity contribution in [1.29, 1.82) is 0 Å². The SMILES string of the molecule is Cc1cc(N)cc(S(=O)(=O)NCC2CCCOC2)c1C. The average Bonchev–Trinajstić information content (AvgIpc) is 2.42. The van der Waals surface area contributed by atoms with Gasteiger partial charge in [-0.3, -0.25) is 0 Å². The number of rotatable bonds is 4. The third-order valence-corrected chi connectivity index (χ3v) is 5.30. The van der Waals surface area contributed by atoms with E-state index in [0.29, 0.717) is 18.8 Å². The van der Waals surface area contributed by atoms with Crippen molar-refractivity contribution >= 4 is 15.7 Å². The molecule has 0 bridgehead atoms. The second kappa shape index (κ2) is 6.11. The molecule has 0 radical (unpaired) electrons. The van der Waals surface area contributed by atoms with E-state index in [4.69, 9.17) is 10.5 Å². The van der Waals surface area contributed by atoms with Crippen LogP contribution in [0.4, 0.5) is 5.69 Å². The van der Waals surface area contributed by atoms with Crippen LogP contribution in [0, 0.1) is 19.8 Å². The molecule has 0 saturated carbocycles. The van der Waals surface area contributed by atoms with E-state index in [1.807, 2.05) is 6.92 Å². The Hall–Kier alpha value is -1.11. The molecule has 1 saturated heterocycles. The third kappa shape index (κ3) is 3.50. The molecule has 1 fully saturated rings. The average molecular weight is 298 g/mol. The van der Waals surface area contributed by atoms with Gasteiger partial charge in [0.05, 0.1) is 11.5 Å². The number of nitrogens with one attached hydrogen (secondary N) is 1. The van der Waals surface area contributed by atoms with Crippen LogP contribution in [0.25, 0.3) is 0 Å². The Kier molecular flexibility index (Phi) is 4.67. The predicted molar refractivity (Wildman–Crippen MR) is 79.1 cm³/mol. The fourth-order valence-electron chi connectivity index (χ4n) is 2.41. The Morgan fingerprint density at radius 1 is 1.40 bits per heavy atom. The second-order valence-electron chi connectivity index (χ2n) is 5.40. The summed E-state index contributed by atoms with van der Waals surface area (Å²) in [5.74, 6) is 0.251. The van der Waals surface area contributed by atoms with E-state index in [-0.39, 0.29) is 10.8 Å². The van der Waals surface area contributed by atoms with Gasteiger partial charge in [-0.15, -0.1) is 0 Å². The molecule has 5 nitrogen and oxygen atoms in total. The van der Waals surface area contributed by atoms with E-state index >= 15 is 0 Å². The number of nitrogen functional groups attached to an aromatic ring is 1. The maximum Gasteiger partial charge on any atom is 0.240 e. The minimum atomic E-state index is -3.52. The van der Waals surface area contributed by atoms with Crippen molar-refractivity contribution in [3.05, 3.63) is 23.3 Å². The zero-order valence-corrected chi connectivity index (χ0v) is 12.8. The first-order valence-electron chi connectivity index (χ1n) is 6.84. The Labute approximate surface area is 120 Å². The summed E-state index contributed by atoms with van der Waals surface area (Å²) in [7, 11) is -3.52. The van der Waals surface area contributed by atoms with Crippen molar-refractivity contribution in [2.24, 2.45) is 5.92 Å². The first-order chi connectivity index (χ1) is 9.40. The minimum Gasteiger partial charge on any atom is -0.399 e. The fourth-order valence-corrected chi connectivity index (χ4v) is 3.87. The number of hydrogen-bond acceptors (Lipinski definition) is 4. The van der Waals surface area contributed by atoms with Crippen molar-refractivity contribution in [1.82, 2.24) is 4.72 Å². The molecule has 1 atom stereocenters. The molecule has 1 aromatic rings. The van der Waals surface area contributed by atoms with Crippen LogP contribution in [0.15, 0.2) is 17.0 Å². The van der Waals surface area contributed by atoms with Gasteiger partial charge >= 0.3 is 0 Å². The summed E-state index contributed by atoms with van der Waals surface area (Å²) in [5, 5.41) is 0. The molecule has 0 spiro atoms. The fraction of sp³-hybridized carbons (Fsp3) is 0.571. The smallest absolute Gasteiger partial charge is 0.240 e. The normalized spacial score (nSPS) is 20.0. The number of ether oxygens (including phenoxy) is 1. The van der Waals surface area contributed by atoms with E-state index in [1.54, 1.807) is 13.0 Å². The van der Waals surface area contributed by atoms with Crippen molar-refractivity contribution in [3.63, 3.8) is 0 Å². The van der Waals surface area contributed by atoms with Gasteiger partial charge in [0.25, 0.3) is 0 Å². The molecule has 3 N–H and O–H groups in total. The van der Waals surface area contributed by atoms with Crippen LogP contribution < -0.4 is 10.5 Å². The highest BCUT2D eigenvalue weighted by atomic mass is 32.2. The number of aryl methyl sites for hydroxylation is 1. The Morgan fingerprint density at radius 3 is 2.80 bits per heavy atom. The molecular formula is C14H22N2O3S. The summed E-state index contributed by atoms with van der Waals surface area (Å²) in [6, 6.07) is 3.30. The number of nitrogens with two attached hydrogens (primary N) is 1. The summed E-state index contributed by atoms with van der Waals surface area (Å²) < 4.78 is 32.8. The molecule has 6 heteroatoms. The molecule has 1 aliphatic rings. The highest BCUT2D eigenvalue weighted by molar-refractivity contribution is 7.89. The van der Waals surface area contributed by atoms with Gasteiger partial charge in [-0.05, 0) is 55.9 Å². The largest absolute Gasteiger partial charge is 0.399 e. The standard InChI is InChI=1S/C14H22N2O3S/c1-10-6-13(15)7-14(11(10)2)20(17,18)16-8-12-4-3-5-19-9-12/h6-7,12,16H,3-5,8-9,15H2,1-2H3. The summed E-state index contributed by atoms with van der Waals surface area (Å²) >= 11 is 0. The van der Waals surface area contributed by atoms with Crippen molar-refractivity contribution in [2.75, 3.05) is 25.5 Å². The lowest BCUT2D eigenvalue weighted by atomic mass is 10.0. The van der Waals surface area contributed by atoms with Crippen LogP contribution in [0.5, 0.6) is 0 Å². The monoisotopic (exact) mass is 298 g/mol. The van der Waals surface area contributed by atoms with E-state index in [9.17, 15) is 8.42 Å². The highest BCUT2D eigenvalue weighted by Gasteiger charge is 2.21. The maximum absolute atomic E-state index is 12.4. The Balaban J connectivity index is 2.14. The first-order valence-corrected chi connectivity index (χ1v) is 8.32. The number of hydrogen-bond donors (Lipinski definition) is 2. The summed E-state index contributed by atoms with van der Waals surface area (Å²) in [4.78, 5) is 0.270. The van der Waals surface area contributed by atoms with Gasteiger partial charge in [-0.1, -0.05) is 0 Å². The quantitative estimate of drug-likeness (QED) is 0.827. The first kappa shape index (κ1) is 15.3. The van der Waals surface area contributed by atoms with Crippen molar-refractivity contribution < 1.29 is 13.2 Å². The van der Waals surface area contributed by atoms with Crippen molar-refractivity contribution in [3.8, 4) is 0 Å². The van der Waals surface area contributed by atoms with Crippen LogP contribution in [0.1, 0.15) is 24.0 Å². The Morgan fingerprint density at radius 2 is 2.15 bits per heavy atom. The van der Waals surface area contributed by atoms with Gasteiger partial charge in [0.1, 0.15) is 0 Å². The van der Waals surface area contributed by atoms with E-state index in [2.05, 4.69) is 4.72 Å². The minimum absolute atomic E-state index is 0.251. The molecule has 1 aromatic carbocycles. The van der Waals surface area contributed by atoms with Crippen LogP contribution in [-0.4, -0.2) is 28.2 Å². The molecule has 112 valence electrons. The molecule has 20 heavy (non-hydrogen) atoms. The van der Waals surface area contributed by atoms with Gasteiger partial charge in [0.2, 0.25) is 10.0 Å². The third-order valence-electron chi connectivity index (χ3n) is 3.75. The number of benzene rings is 1. The molecule has 1 heterocycles. The van der Waals surface area contributed by atoms with Gasteiger partial charge in [0.15, 0.2) is 0 Å². The van der Waals surface area contributed by atoms with Crippen LogP contribution in [-0.2, 0) is 14.8 Å². The molecular weight excluding hydrogens is 276 g/mol. The van der Waals surface area contributed by atoms with E-state index < -0.39 is 10.0 Å². The number of anilines is 1. The topological polar surface area (TPSA) is 81.4 Å². The van der Waals surface area contributed by atoms with E-state index in [1.165, 1.54) is 6.07 Å². The molecule has 1 aliphatic heterocycles. The van der Waals surface area contributed by atoms with Crippen molar-refractivity contribution in [2.45, 2.75) is 31.6 Å². The lowest BCUT2D eigenvalue weighted by molar-refractivity contribution is 0.0568. The van der Waals surface area contributed by atoms with Gasteiger partial charge < -0.3 is 10.5 Å². The summed E-state index contributed by atoms with van der Waals surface area (Å²) in [6.45, 7) is 5.47. The maximum atomic E-state index is 12.4.